The molecule has 2 aliphatic rings. The lowest BCUT2D eigenvalue weighted by atomic mass is 9.90. The van der Waals surface area contributed by atoms with E-state index in [1.54, 1.807) is 0 Å². The van der Waals surface area contributed by atoms with Gasteiger partial charge in [-0.15, -0.1) is 0 Å². The maximum atomic E-state index is 11.3. The van der Waals surface area contributed by atoms with Gasteiger partial charge in [0.25, 0.3) is 0 Å². The van der Waals surface area contributed by atoms with E-state index in [4.69, 9.17) is 9.47 Å². The Morgan fingerprint density at radius 1 is 1.38 bits per heavy atom. The maximum absolute atomic E-state index is 11.3. The summed E-state index contributed by atoms with van der Waals surface area (Å²) in [5.74, 6) is -0.770. The molecule has 0 saturated carbocycles. The second kappa shape index (κ2) is 5.12. The van der Waals surface area contributed by atoms with E-state index in [0.29, 0.717) is 32.6 Å². The molecule has 5 heteroatoms. The first-order valence-electron chi connectivity index (χ1n) is 5.91. The highest BCUT2D eigenvalue weighted by Gasteiger charge is 2.40. The van der Waals surface area contributed by atoms with Crippen LogP contribution in [0.5, 0.6) is 0 Å². The summed E-state index contributed by atoms with van der Waals surface area (Å²) in [7, 11) is 0. The molecule has 2 aliphatic heterocycles. The molecule has 1 atom stereocenters. The molecular weight excluding hydrogens is 210 g/mol. The van der Waals surface area contributed by atoms with Gasteiger partial charge in [-0.25, -0.2) is 0 Å². The Balaban J connectivity index is 1.88. The normalized spacial score (nSPS) is 29.1. The number of carboxylic acids is 1. The lowest BCUT2D eigenvalue weighted by Crippen LogP contribution is -2.57. The fraction of sp³-hybridized carbons (Fsp3) is 0.909. The van der Waals surface area contributed by atoms with Gasteiger partial charge in [0.2, 0.25) is 0 Å². The summed E-state index contributed by atoms with van der Waals surface area (Å²) in [6, 6.07) is 0. The van der Waals surface area contributed by atoms with Crippen LogP contribution < -0.4 is 5.32 Å². The number of carboxylic acid groups (broad SMARTS) is 1. The first kappa shape index (κ1) is 11.8. The molecule has 1 unspecified atom stereocenters. The highest BCUT2D eigenvalue weighted by molar-refractivity contribution is 5.78. The van der Waals surface area contributed by atoms with Crippen molar-refractivity contribution in [1.29, 1.82) is 0 Å². The minimum atomic E-state index is -0.801. The number of carbonyl (C=O) groups is 1. The third-order valence-electron chi connectivity index (χ3n) is 3.45. The third-order valence-corrected chi connectivity index (χ3v) is 3.45. The molecule has 0 aliphatic carbocycles. The van der Waals surface area contributed by atoms with Gasteiger partial charge in [-0.3, -0.25) is 10.1 Å². The minimum Gasteiger partial charge on any atom is -0.480 e. The van der Waals surface area contributed by atoms with Crippen molar-refractivity contribution < 1.29 is 19.4 Å². The first-order valence-corrected chi connectivity index (χ1v) is 5.91. The van der Waals surface area contributed by atoms with Crippen molar-refractivity contribution in [1.82, 2.24) is 5.32 Å². The van der Waals surface area contributed by atoms with Gasteiger partial charge in [0.1, 0.15) is 5.54 Å². The number of aliphatic carboxylic acids is 1. The summed E-state index contributed by atoms with van der Waals surface area (Å²) in [6.07, 6.45) is 3.36. The van der Waals surface area contributed by atoms with E-state index in [-0.39, 0.29) is 6.10 Å². The van der Waals surface area contributed by atoms with Crippen LogP contribution in [-0.2, 0) is 14.3 Å². The van der Waals surface area contributed by atoms with Gasteiger partial charge in [0, 0.05) is 26.4 Å². The second-order valence-electron chi connectivity index (χ2n) is 4.52. The third kappa shape index (κ3) is 2.53. The average Bonchev–Trinajstić information content (AvgIpc) is 2.80. The van der Waals surface area contributed by atoms with Gasteiger partial charge in [-0.1, -0.05) is 0 Å². The monoisotopic (exact) mass is 229 g/mol. The SMILES string of the molecule is O=C(O)C1(NCC2CCCO2)CCOCC1. The fourth-order valence-corrected chi connectivity index (χ4v) is 2.30. The summed E-state index contributed by atoms with van der Waals surface area (Å²) in [6.45, 7) is 2.47. The van der Waals surface area contributed by atoms with E-state index in [1.165, 1.54) is 0 Å². The van der Waals surface area contributed by atoms with Crippen molar-refractivity contribution in [2.45, 2.75) is 37.3 Å². The van der Waals surface area contributed by atoms with Crippen LogP contribution in [0.4, 0.5) is 0 Å². The summed E-state index contributed by atoms with van der Waals surface area (Å²) in [5, 5.41) is 12.5. The van der Waals surface area contributed by atoms with Crippen molar-refractivity contribution in [3.8, 4) is 0 Å². The molecule has 16 heavy (non-hydrogen) atoms. The van der Waals surface area contributed by atoms with Crippen molar-refractivity contribution in [2.24, 2.45) is 0 Å². The zero-order chi connectivity index (χ0) is 11.4. The van der Waals surface area contributed by atoms with Crippen molar-refractivity contribution >= 4 is 5.97 Å². The lowest BCUT2D eigenvalue weighted by molar-refractivity contribution is -0.149. The zero-order valence-electron chi connectivity index (χ0n) is 9.41. The standard InChI is InChI=1S/C11H19NO4/c13-10(14)11(3-6-15-7-4-11)12-8-9-2-1-5-16-9/h9,12H,1-8H2,(H,13,14). The molecule has 0 amide bonds. The van der Waals surface area contributed by atoms with E-state index in [0.717, 1.165) is 19.4 Å². The summed E-state index contributed by atoms with van der Waals surface area (Å²) < 4.78 is 10.7. The molecule has 2 fully saturated rings. The quantitative estimate of drug-likeness (QED) is 0.730. The van der Waals surface area contributed by atoms with Crippen LogP contribution in [0.2, 0.25) is 0 Å². The molecule has 0 aromatic carbocycles. The number of hydrogen-bond donors (Lipinski definition) is 2. The number of hydrogen-bond acceptors (Lipinski definition) is 4. The molecule has 0 spiro atoms. The molecule has 0 radical (unpaired) electrons. The van der Waals surface area contributed by atoms with Crippen molar-refractivity contribution in [3.05, 3.63) is 0 Å². The molecule has 2 saturated heterocycles. The van der Waals surface area contributed by atoms with E-state index < -0.39 is 11.5 Å². The lowest BCUT2D eigenvalue weighted by Gasteiger charge is -2.34. The smallest absolute Gasteiger partial charge is 0.324 e. The predicted octanol–water partition coefficient (Wildman–Crippen LogP) is 0.389. The maximum Gasteiger partial charge on any atom is 0.324 e. The van der Waals surface area contributed by atoms with E-state index in [1.807, 2.05) is 0 Å². The van der Waals surface area contributed by atoms with Crippen LogP contribution in [0.15, 0.2) is 0 Å². The highest BCUT2D eigenvalue weighted by atomic mass is 16.5. The fourth-order valence-electron chi connectivity index (χ4n) is 2.30. The Morgan fingerprint density at radius 3 is 2.69 bits per heavy atom. The van der Waals surface area contributed by atoms with Crippen LogP contribution in [0.3, 0.4) is 0 Å². The van der Waals surface area contributed by atoms with Crippen LogP contribution in [0.1, 0.15) is 25.7 Å². The largest absolute Gasteiger partial charge is 0.480 e. The Morgan fingerprint density at radius 2 is 2.12 bits per heavy atom. The molecule has 5 nitrogen and oxygen atoms in total. The van der Waals surface area contributed by atoms with Crippen LogP contribution in [-0.4, -0.2) is 49.1 Å². The summed E-state index contributed by atoms with van der Waals surface area (Å²) in [4.78, 5) is 11.3. The van der Waals surface area contributed by atoms with Crippen molar-refractivity contribution in [3.63, 3.8) is 0 Å². The van der Waals surface area contributed by atoms with E-state index in [2.05, 4.69) is 5.32 Å². The molecule has 0 aromatic rings. The Kier molecular flexibility index (Phi) is 3.78. The van der Waals surface area contributed by atoms with E-state index >= 15 is 0 Å². The number of nitrogens with one attached hydrogen (secondary N) is 1. The Hall–Kier alpha value is -0.650. The molecular formula is C11H19NO4. The first-order chi connectivity index (χ1) is 7.73. The van der Waals surface area contributed by atoms with Gasteiger partial charge in [-0.2, -0.15) is 0 Å². The second-order valence-corrected chi connectivity index (χ2v) is 4.52. The molecule has 92 valence electrons. The zero-order valence-corrected chi connectivity index (χ0v) is 9.41. The average molecular weight is 229 g/mol. The molecule has 2 heterocycles. The summed E-state index contributed by atoms with van der Waals surface area (Å²) in [5.41, 5.74) is -0.801. The van der Waals surface area contributed by atoms with Crippen LogP contribution in [0, 0.1) is 0 Å². The van der Waals surface area contributed by atoms with E-state index in [9.17, 15) is 9.90 Å². The summed E-state index contributed by atoms with van der Waals surface area (Å²) >= 11 is 0. The van der Waals surface area contributed by atoms with Crippen LogP contribution in [0.25, 0.3) is 0 Å². The molecule has 2 N–H and O–H groups in total. The Bertz CT molecular complexity index is 244. The van der Waals surface area contributed by atoms with Gasteiger partial charge >= 0.3 is 5.97 Å². The minimum absolute atomic E-state index is 0.180. The van der Waals surface area contributed by atoms with Gasteiger partial charge in [-0.05, 0) is 25.7 Å². The topological polar surface area (TPSA) is 67.8 Å². The molecule has 2 rings (SSSR count). The Labute approximate surface area is 95.1 Å². The van der Waals surface area contributed by atoms with Crippen molar-refractivity contribution in [2.75, 3.05) is 26.4 Å². The van der Waals surface area contributed by atoms with Gasteiger partial charge in [0.05, 0.1) is 6.10 Å². The van der Waals surface area contributed by atoms with Gasteiger partial charge in [0.15, 0.2) is 0 Å². The number of rotatable bonds is 4. The molecule has 0 aromatic heterocycles. The highest BCUT2D eigenvalue weighted by Crippen LogP contribution is 2.22. The number of ether oxygens (including phenoxy) is 2. The van der Waals surface area contributed by atoms with Gasteiger partial charge < -0.3 is 14.6 Å². The molecule has 0 bridgehead atoms. The van der Waals surface area contributed by atoms with Crippen LogP contribution >= 0.6 is 0 Å². The predicted molar refractivity (Wildman–Crippen MR) is 57.4 cm³/mol.